The fraction of sp³-hybridized carbons (Fsp3) is 0.500. The van der Waals surface area contributed by atoms with E-state index in [2.05, 4.69) is 9.62 Å². The van der Waals surface area contributed by atoms with Crippen LogP contribution in [0.2, 0.25) is 0 Å². The van der Waals surface area contributed by atoms with Crippen molar-refractivity contribution in [2.24, 2.45) is 5.84 Å². The number of carbonyl (C=O) groups is 1. The van der Waals surface area contributed by atoms with Gasteiger partial charge in [-0.25, -0.2) is 19.0 Å². The zero-order valence-corrected chi connectivity index (χ0v) is 14.9. The van der Waals surface area contributed by atoms with Gasteiger partial charge in [-0.1, -0.05) is 0 Å². The third-order valence-corrected chi connectivity index (χ3v) is 5.08. The number of benzene rings is 1. The molecule has 1 aliphatic rings. The number of hydrogen-bond acceptors (Lipinski definition) is 6. The lowest BCUT2D eigenvalue weighted by molar-refractivity contribution is 0.0376. The van der Waals surface area contributed by atoms with E-state index in [-0.39, 0.29) is 17.3 Å². The monoisotopic (exact) mass is 378 g/mol. The summed E-state index contributed by atoms with van der Waals surface area (Å²) in [6.07, 6.45) is 0.729. The van der Waals surface area contributed by atoms with Crippen molar-refractivity contribution in [2.45, 2.75) is 11.3 Å². The van der Waals surface area contributed by atoms with Crippen LogP contribution >= 0.6 is 12.4 Å². The van der Waals surface area contributed by atoms with Crippen LogP contribution in [0.5, 0.6) is 0 Å². The highest BCUT2D eigenvalue weighted by Crippen LogP contribution is 2.10. The molecule has 10 heteroatoms. The second-order valence-corrected chi connectivity index (χ2v) is 6.97. The average Bonchev–Trinajstić information content (AvgIpc) is 2.59. The van der Waals surface area contributed by atoms with E-state index >= 15 is 0 Å². The molecular formula is C14H23ClN4O4S. The topological polar surface area (TPSA) is 114 Å². The molecule has 24 heavy (non-hydrogen) atoms. The lowest BCUT2D eigenvalue weighted by atomic mass is 10.2. The number of rotatable bonds is 7. The van der Waals surface area contributed by atoms with Gasteiger partial charge in [0.15, 0.2) is 0 Å². The number of nitrogens with zero attached hydrogens (tertiary/aromatic N) is 1. The van der Waals surface area contributed by atoms with Crippen LogP contribution in [0.15, 0.2) is 29.2 Å². The molecule has 0 radical (unpaired) electrons. The lowest BCUT2D eigenvalue weighted by Gasteiger charge is -2.26. The van der Waals surface area contributed by atoms with Crippen molar-refractivity contribution in [3.8, 4) is 0 Å². The van der Waals surface area contributed by atoms with Gasteiger partial charge in [0, 0.05) is 25.2 Å². The maximum Gasteiger partial charge on any atom is 0.265 e. The van der Waals surface area contributed by atoms with Crippen molar-refractivity contribution >= 4 is 28.3 Å². The zero-order valence-electron chi connectivity index (χ0n) is 13.2. The normalized spacial score (nSPS) is 15.5. The number of carbonyl (C=O) groups excluding carboxylic acids is 1. The molecule has 136 valence electrons. The molecule has 1 aliphatic heterocycles. The van der Waals surface area contributed by atoms with Gasteiger partial charge in [-0.15, -0.1) is 12.4 Å². The van der Waals surface area contributed by atoms with Crippen LogP contribution < -0.4 is 16.0 Å². The van der Waals surface area contributed by atoms with Gasteiger partial charge < -0.3 is 4.74 Å². The van der Waals surface area contributed by atoms with E-state index in [1.807, 2.05) is 5.43 Å². The number of hydrogen-bond donors (Lipinski definition) is 3. The van der Waals surface area contributed by atoms with Crippen molar-refractivity contribution in [3.63, 3.8) is 0 Å². The summed E-state index contributed by atoms with van der Waals surface area (Å²) in [4.78, 5) is 13.7. The molecule has 0 unspecified atom stereocenters. The number of nitrogen functional groups attached to an aromatic ring is 1. The summed E-state index contributed by atoms with van der Waals surface area (Å²) >= 11 is 0. The van der Waals surface area contributed by atoms with Crippen LogP contribution in [0.3, 0.4) is 0 Å². The first-order valence-electron chi connectivity index (χ1n) is 7.44. The molecule has 0 atom stereocenters. The lowest BCUT2D eigenvalue weighted by Crippen LogP contribution is -2.38. The Bertz CT molecular complexity index is 618. The highest BCUT2D eigenvalue weighted by Gasteiger charge is 2.15. The Hall–Kier alpha value is -1.23. The van der Waals surface area contributed by atoms with E-state index in [0.717, 1.165) is 39.3 Å². The van der Waals surface area contributed by atoms with Gasteiger partial charge in [-0.2, -0.15) is 0 Å². The summed E-state index contributed by atoms with van der Waals surface area (Å²) in [5.74, 6) is 4.56. The van der Waals surface area contributed by atoms with E-state index in [1.165, 1.54) is 24.3 Å². The number of morpholine rings is 1. The van der Waals surface area contributed by atoms with Gasteiger partial charge in [-0.05, 0) is 37.2 Å². The summed E-state index contributed by atoms with van der Waals surface area (Å²) in [5, 5.41) is 0. The predicted octanol–water partition coefficient (Wildman–Crippen LogP) is -0.287. The van der Waals surface area contributed by atoms with Gasteiger partial charge in [-0.3, -0.25) is 15.1 Å². The Labute approximate surface area is 148 Å². The Morgan fingerprint density at radius 2 is 1.83 bits per heavy atom. The molecule has 0 bridgehead atoms. The third-order valence-electron chi connectivity index (χ3n) is 3.60. The van der Waals surface area contributed by atoms with Gasteiger partial charge in [0.1, 0.15) is 0 Å². The number of sulfonamides is 1. The van der Waals surface area contributed by atoms with Gasteiger partial charge in [0.2, 0.25) is 10.0 Å². The zero-order chi connectivity index (χ0) is 16.7. The standard InChI is InChI=1S/C14H22N4O4S.ClH/c15-17-14(19)12-2-4-13(5-3-12)23(20,21)16-6-1-7-18-8-10-22-11-9-18;/h2-5,16H,1,6-11,15H2,(H,17,19);1H. The number of halogens is 1. The van der Waals surface area contributed by atoms with Crippen LogP contribution in [0.1, 0.15) is 16.8 Å². The molecule has 1 saturated heterocycles. The van der Waals surface area contributed by atoms with E-state index in [4.69, 9.17) is 10.6 Å². The molecule has 1 heterocycles. The van der Waals surface area contributed by atoms with Crippen LogP contribution in [0.25, 0.3) is 0 Å². The Morgan fingerprint density at radius 3 is 2.42 bits per heavy atom. The van der Waals surface area contributed by atoms with Crippen molar-refractivity contribution in [2.75, 3.05) is 39.4 Å². The van der Waals surface area contributed by atoms with Crippen LogP contribution in [0.4, 0.5) is 0 Å². The molecular weight excluding hydrogens is 356 g/mol. The fourth-order valence-electron chi connectivity index (χ4n) is 2.29. The maximum absolute atomic E-state index is 12.2. The Kier molecular flexibility index (Phi) is 8.60. The van der Waals surface area contributed by atoms with Crippen LogP contribution in [-0.4, -0.2) is 58.6 Å². The summed E-state index contributed by atoms with van der Waals surface area (Å²) < 4.78 is 32.2. The van der Waals surface area contributed by atoms with E-state index in [9.17, 15) is 13.2 Å². The minimum absolute atomic E-state index is 0. The SMILES string of the molecule is Cl.NNC(=O)c1ccc(S(=O)(=O)NCCCN2CCOCC2)cc1. The minimum Gasteiger partial charge on any atom is -0.379 e. The van der Waals surface area contributed by atoms with Crippen molar-refractivity contribution in [1.82, 2.24) is 15.0 Å². The number of nitrogens with one attached hydrogen (secondary N) is 2. The highest BCUT2D eigenvalue weighted by atomic mass is 35.5. The average molecular weight is 379 g/mol. The number of amides is 1. The molecule has 0 aliphatic carbocycles. The first-order chi connectivity index (χ1) is 11.0. The molecule has 4 N–H and O–H groups in total. The molecule has 0 spiro atoms. The van der Waals surface area contributed by atoms with E-state index < -0.39 is 15.9 Å². The Balaban J connectivity index is 0.00000288. The molecule has 1 fully saturated rings. The molecule has 1 aromatic rings. The fourth-order valence-corrected chi connectivity index (χ4v) is 3.36. The van der Waals surface area contributed by atoms with Gasteiger partial charge in [0.05, 0.1) is 18.1 Å². The quantitative estimate of drug-likeness (QED) is 0.260. The molecule has 0 aromatic heterocycles. The second kappa shape index (κ2) is 9.92. The molecule has 8 nitrogen and oxygen atoms in total. The van der Waals surface area contributed by atoms with E-state index in [0.29, 0.717) is 12.1 Å². The number of ether oxygens (including phenoxy) is 1. The summed E-state index contributed by atoms with van der Waals surface area (Å²) in [5.41, 5.74) is 2.30. The van der Waals surface area contributed by atoms with Gasteiger partial charge in [0.25, 0.3) is 5.91 Å². The first kappa shape index (κ1) is 20.8. The summed E-state index contributed by atoms with van der Waals surface area (Å²) in [6, 6.07) is 5.61. The first-order valence-corrected chi connectivity index (χ1v) is 8.92. The second-order valence-electron chi connectivity index (χ2n) is 5.20. The van der Waals surface area contributed by atoms with Crippen molar-refractivity contribution < 1.29 is 17.9 Å². The molecule has 2 rings (SSSR count). The van der Waals surface area contributed by atoms with Gasteiger partial charge >= 0.3 is 0 Å². The number of hydrazine groups is 1. The largest absolute Gasteiger partial charge is 0.379 e. The summed E-state index contributed by atoms with van der Waals surface area (Å²) in [6.45, 7) is 4.43. The smallest absolute Gasteiger partial charge is 0.265 e. The molecule has 1 aromatic carbocycles. The number of nitrogens with two attached hydrogens (primary N) is 1. The third kappa shape index (κ3) is 6.00. The van der Waals surface area contributed by atoms with Crippen LogP contribution in [0, 0.1) is 0 Å². The Morgan fingerprint density at radius 1 is 1.21 bits per heavy atom. The minimum atomic E-state index is -3.57. The molecule has 0 saturated carbocycles. The van der Waals surface area contributed by atoms with Crippen molar-refractivity contribution in [3.05, 3.63) is 29.8 Å². The maximum atomic E-state index is 12.2. The van der Waals surface area contributed by atoms with E-state index in [1.54, 1.807) is 0 Å². The molecule has 1 amide bonds. The predicted molar refractivity (Wildman–Crippen MR) is 92.4 cm³/mol. The van der Waals surface area contributed by atoms with Crippen LogP contribution in [-0.2, 0) is 14.8 Å². The summed E-state index contributed by atoms with van der Waals surface area (Å²) in [7, 11) is -3.57. The van der Waals surface area contributed by atoms with Crippen molar-refractivity contribution in [1.29, 1.82) is 0 Å². The highest BCUT2D eigenvalue weighted by molar-refractivity contribution is 7.89.